The van der Waals surface area contributed by atoms with Crippen LogP contribution in [0.25, 0.3) is 0 Å². The highest BCUT2D eigenvalue weighted by Crippen LogP contribution is 2.34. The number of ether oxygens (including phenoxy) is 3. The van der Waals surface area contributed by atoms with E-state index in [0.29, 0.717) is 42.4 Å². The molecule has 1 N–H and O–H groups in total. The predicted octanol–water partition coefficient (Wildman–Crippen LogP) is 2.73. The standard InChI is InChI=1S/C23H28N2O5/c1-15-5-7-19(28-2)18(11-15)25-14-17(13-22(25)26)23(27)24-10-9-16-6-8-20(29-3)21(12-16)30-4/h5-8,11-12,17H,9-10,13-14H2,1-4H3,(H,24,27). The molecular weight excluding hydrogens is 384 g/mol. The lowest BCUT2D eigenvalue weighted by Crippen LogP contribution is -2.34. The summed E-state index contributed by atoms with van der Waals surface area (Å²) in [5, 5.41) is 2.95. The van der Waals surface area contributed by atoms with Gasteiger partial charge in [0.25, 0.3) is 0 Å². The number of rotatable bonds is 8. The Balaban J connectivity index is 1.58. The number of hydrogen-bond acceptors (Lipinski definition) is 5. The van der Waals surface area contributed by atoms with Crippen molar-refractivity contribution in [3.05, 3.63) is 47.5 Å². The van der Waals surface area contributed by atoms with Crippen LogP contribution < -0.4 is 24.4 Å². The van der Waals surface area contributed by atoms with Crippen molar-refractivity contribution < 1.29 is 23.8 Å². The van der Waals surface area contributed by atoms with Gasteiger partial charge in [-0.3, -0.25) is 9.59 Å². The third-order valence-electron chi connectivity index (χ3n) is 5.28. The van der Waals surface area contributed by atoms with Gasteiger partial charge in [0.2, 0.25) is 11.8 Å². The van der Waals surface area contributed by atoms with E-state index in [9.17, 15) is 9.59 Å². The smallest absolute Gasteiger partial charge is 0.227 e. The molecule has 2 amide bonds. The molecule has 1 atom stereocenters. The fraction of sp³-hybridized carbons (Fsp3) is 0.391. The molecular formula is C23H28N2O5. The highest BCUT2D eigenvalue weighted by atomic mass is 16.5. The largest absolute Gasteiger partial charge is 0.495 e. The number of anilines is 1. The Morgan fingerprint density at radius 2 is 1.73 bits per heavy atom. The van der Waals surface area contributed by atoms with Crippen LogP contribution in [0.3, 0.4) is 0 Å². The molecule has 1 unspecified atom stereocenters. The van der Waals surface area contributed by atoms with Gasteiger partial charge in [-0.2, -0.15) is 0 Å². The van der Waals surface area contributed by atoms with Gasteiger partial charge in [-0.25, -0.2) is 0 Å². The van der Waals surface area contributed by atoms with E-state index in [-0.39, 0.29) is 24.2 Å². The number of benzene rings is 2. The van der Waals surface area contributed by atoms with Gasteiger partial charge in [0.05, 0.1) is 32.9 Å². The van der Waals surface area contributed by atoms with Crippen molar-refractivity contribution in [2.45, 2.75) is 19.8 Å². The quantitative estimate of drug-likeness (QED) is 0.722. The second-order valence-corrected chi connectivity index (χ2v) is 7.31. The van der Waals surface area contributed by atoms with E-state index in [4.69, 9.17) is 14.2 Å². The molecule has 0 spiro atoms. The lowest BCUT2D eigenvalue weighted by Gasteiger charge is -2.20. The molecule has 30 heavy (non-hydrogen) atoms. The van der Waals surface area contributed by atoms with Crippen LogP contribution in [0, 0.1) is 12.8 Å². The summed E-state index contributed by atoms with van der Waals surface area (Å²) < 4.78 is 15.9. The van der Waals surface area contributed by atoms with E-state index in [1.54, 1.807) is 26.2 Å². The Morgan fingerprint density at radius 3 is 2.43 bits per heavy atom. The number of carbonyl (C=O) groups excluding carboxylic acids is 2. The summed E-state index contributed by atoms with van der Waals surface area (Å²) in [6, 6.07) is 11.4. The molecule has 1 heterocycles. The lowest BCUT2D eigenvalue weighted by molar-refractivity contribution is -0.126. The van der Waals surface area contributed by atoms with Crippen LogP contribution in [0.5, 0.6) is 17.2 Å². The molecule has 1 aliphatic heterocycles. The van der Waals surface area contributed by atoms with Crippen molar-refractivity contribution in [1.82, 2.24) is 5.32 Å². The van der Waals surface area contributed by atoms with Crippen LogP contribution in [0.15, 0.2) is 36.4 Å². The molecule has 1 aliphatic rings. The number of hydrogen-bond donors (Lipinski definition) is 1. The van der Waals surface area contributed by atoms with Crippen molar-refractivity contribution in [2.24, 2.45) is 5.92 Å². The molecule has 7 heteroatoms. The first-order valence-corrected chi connectivity index (χ1v) is 9.90. The minimum absolute atomic E-state index is 0.0704. The molecule has 160 valence electrons. The molecule has 0 bridgehead atoms. The molecule has 7 nitrogen and oxygen atoms in total. The zero-order valence-corrected chi connectivity index (χ0v) is 17.9. The average molecular weight is 412 g/mol. The zero-order chi connectivity index (χ0) is 21.7. The molecule has 0 radical (unpaired) electrons. The highest BCUT2D eigenvalue weighted by Gasteiger charge is 2.36. The van der Waals surface area contributed by atoms with Crippen molar-refractivity contribution in [3.63, 3.8) is 0 Å². The van der Waals surface area contributed by atoms with E-state index < -0.39 is 0 Å². The summed E-state index contributed by atoms with van der Waals surface area (Å²) in [6.45, 7) is 2.79. The molecule has 1 fully saturated rings. The molecule has 0 saturated carbocycles. The molecule has 1 saturated heterocycles. The number of methoxy groups -OCH3 is 3. The van der Waals surface area contributed by atoms with E-state index in [2.05, 4.69) is 5.32 Å². The minimum atomic E-state index is -0.381. The summed E-state index contributed by atoms with van der Waals surface area (Å²) in [5.74, 6) is 1.39. The van der Waals surface area contributed by atoms with Crippen LogP contribution in [0.1, 0.15) is 17.5 Å². The normalized spacial score (nSPS) is 15.8. The SMILES string of the molecule is COc1ccc(CCNC(=O)C2CC(=O)N(c3cc(C)ccc3OC)C2)cc1OC. The Hall–Kier alpha value is -3.22. The zero-order valence-electron chi connectivity index (χ0n) is 17.9. The van der Waals surface area contributed by atoms with E-state index in [0.717, 1.165) is 11.1 Å². The maximum atomic E-state index is 12.6. The van der Waals surface area contributed by atoms with Gasteiger partial charge < -0.3 is 24.4 Å². The van der Waals surface area contributed by atoms with Gasteiger partial charge in [-0.05, 0) is 48.7 Å². The number of nitrogens with zero attached hydrogens (tertiary/aromatic N) is 1. The number of nitrogens with one attached hydrogen (secondary N) is 1. The van der Waals surface area contributed by atoms with E-state index >= 15 is 0 Å². The Bertz CT molecular complexity index is 928. The van der Waals surface area contributed by atoms with Crippen LogP contribution in [-0.2, 0) is 16.0 Å². The van der Waals surface area contributed by atoms with Gasteiger partial charge in [0.1, 0.15) is 5.75 Å². The molecule has 0 aromatic heterocycles. The Labute approximate surface area is 176 Å². The highest BCUT2D eigenvalue weighted by molar-refractivity contribution is 6.01. The van der Waals surface area contributed by atoms with Crippen LogP contribution in [-0.4, -0.2) is 46.2 Å². The maximum absolute atomic E-state index is 12.6. The van der Waals surface area contributed by atoms with Gasteiger partial charge in [0, 0.05) is 19.5 Å². The third kappa shape index (κ3) is 4.67. The van der Waals surface area contributed by atoms with Crippen molar-refractivity contribution in [2.75, 3.05) is 39.3 Å². The fourth-order valence-electron chi connectivity index (χ4n) is 3.64. The maximum Gasteiger partial charge on any atom is 0.227 e. The minimum Gasteiger partial charge on any atom is -0.495 e. The number of carbonyl (C=O) groups is 2. The fourth-order valence-corrected chi connectivity index (χ4v) is 3.64. The first-order valence-electron chi connectivity index (χ1n) is 9.90. The topological polar surface area (TPSA) is 77.1 Å². The van der Waals surface area contributed by atoms with E-state index in [1.807, 2.05) is 43.3 Å². The van der Waals surface area contributed by atoms with Gasteiger partial charge >= 0.3 is 0 Å². The third-order valence-corrected chi connectivity index (χ3v) is 5.28. The van der Waals surface area contributed by atoms with Gasteiger partial charge in [-0.1, -0.05) is 12.1 Å². The molecule has 2 aromatic rings. The van der Waals surface area contributed by atoms with Crippen molar-refractivity contribution >= 4 is 17.5 Å². The van der Waals surface area contributed by atoms with Crippen LogP contribution >= 0.6 is 0 Å². The first-order chi connectivity index (χ1) is 14.5. The summed E-state index contributed by atoms with van der Waals surface area (Å²) in [4.78, 5) is 26.8. The van der Waals surface area contributed by atoms with Crippen molar-refractivity contribution in [1.29, 1.82) is 0 Å². The summed E-state index contributed by atoms with van der Waals surface area (Å²) in [7, 11) is 4.76. The summed E-state index contributed by atoms with van der Waals surface area (Å²) >= 11 is 0. The second-order valence-electron chi connectivity index (χ2n) is 7.31. The lowest BCUT2D eigenvalue weighted by atomic mass is 10.1. The number of amides is 2. The Morgan fingerprint density at radius 1 is 1.03 bits per heavy atom. The second kappa shape index (κ2) is 9.52. The van der Waals surface area contributed by atoms with Crippen molar-refractivity contribution in [3.8, 4) is 17.2 Å². The predicted molar refractivity (Wildman–Crippen MR) is 114 cm³/mol. The average Bonchev–Trinajstić information content (AvgIpc) is 3.15. The molecule has 3 rings (SSSR count). The molecule has 2 aromatic carbocycles. The van der Waals surface area contributed by atoms with Crippen LogP contribution in [0.4, 0.5) is 5.69 Å². The number of aryl methyl sites for hydroxylation is 1. The van der Waals surface area contributed by atoms with Crippen LogP contribution in [0.2, 0.25) is 0 Å². The molecule has 0 aliphatic carbocycles. The van der Waals surface area contributed by atoms with E-state index in [1.165, 1.54) is 0 Å². The summed E-state index contributed by atoms with van der Waals surface area (Å²) in [5.41, 5.74) is 2.77. The first kappa shape index (κ1) is 21.5. The monoisotopic (exact) mass is 412 g/mol. The Kier molecular flexibility index (Phi) is 6.82. The summed E-state index contributed by atoms with van der Waals surface area (Å²) in [6.07, 6.45) is 0.849. The van der Waals surface area contributed by atoms with Gasteiger partial charge in [-0.15, -0.1) is 0 Å². The van der Waals surface area contributed by atoms with Gasteiger partial charge in [0.15, 0.2) is 11.5 Å².